The maximum absolute atomic E-state index is 13.3. The van der Waals surface area contributed by atoms with Gasteiger partial charge in [0.25, 0.3) is 11.6 Å². The molecule has 2 N–H and O–H groups in total. The number of aryl methyl sites for hydroxylation is 1. The maximum atomic E-state index is 13.3. The molecule has 6 nitrogen and oxygen atoms in total. The molecule has 2 atom stereocenters. The Morgan fingerprint density at radius 1 is 1.14 bits per heavy atom. The van der Waals surface area contributed by atoms with Crippen LogP contribution in [0.1, 0.15) is 28.7 Å². The first-order chi connectivity index (χ1) is 14.1. The number of nitrogens with one attached hydrogen (secondary N) is 2. The first-order valence-corrected chi connectivity index (χ1v) is 10.1. The van der Waals surface area contributed by atoms with Crippen molar-refractivity contribution in [1.29, 1.82) is 0 Å². The van der Waals surface area contributed by atoms with Crippen LogP contribution in [0.2, 0.25) is 0 Å². The van der Waals surface area contributed by atoms with Gasteiger partial charge in [-0.15, -0.1) is 0 Å². The number of nitrogens with zero attached hydrogens (tertiary/aromatic N) is 1. The Hall–Kier alpha value is -3.03. The number of hydrogen-bond donors (Lipinski definition) is 2. The highest BCUT2D eigenvalue weighted by molar-refractivity contribution is 9.10. The number of carbonyl (C=O) groups excluding carboxylic acids is 1. The van der Waals surface area contributed by atoms with Crippen LogP contribution >= 0.6 is 15.9 Å². The molecular weight excluding hydrogens is 434 g/mol. The Morgan fingerprint density at radius 3 is 2.83 bits per heavy atom. The van der Waals surface area contributed by atoms with Gasteiger partial charge in [0.15, 0.2) is 5.76 Å². The molecule has 0 saturated carbocycles. The Labute approximate surface area is 175 Å². The lowest BCUT2D eigenvalue weighted by molar-refractivity contribution is -0.165. The van der Waals surface area contributed by atoms with Crippen molar-refractivity contribution in [1.82, 2.24) is 10.4 Å². The Balaban J connectivity index is 1.57. The van der Waals surface area contributed by atoms with Crippen molar-refractivity contribution < 1.29 is 13.9 Å². The van der Waals surface area contributed by atoms with Gasteiger partial charge in [0.2, 0.25) is 0 Å². The summed E-state index contributed by atoms with van der Waals surface area (Å²) in [5.74, 6) is 2.00. The monoisotopic (exact) mass is 449 g/mol. The van der Waals surface area contributed by atoms with Crippen molar-refractivity contribution in [3.05, 3.63) is 87.8 Å². The largest absolute Gasteiger partial charge is 0.460 e. The fourth-order valence-electron chi connectivity index (χ4n) is 4.29. The topological polar surface area (TPSA) is 66.7 Å². The van der Waals surface area contributed by atoms with Gasteiger partial charge in [-0.1, -0.05) is 34.1 Å². The summed E-state index contributed by atoms with van der Waals surface area (Å²) in [5.41, 5.74) is 5.34. The van der Waals surface area contributed by atoms with E-state index in [1.54, 1.807) is 0 Å². The predicted octanol–water partition coefficient (Wildman–Crippen LogP) is 4.45. The normalized spacial score (nSPS) is 24.3. The first kappa shape index (κ1) is 16.9. The van der Waals surface area contributed by atoms with E-state index >= 15 is 0 Å². The van der Waals surface area contributed by atoms with Gasteiger partial charge >= 0.3 is 0 Å². The number of ether oxygens (including phenoxy) is 1. The summed E-state index contributed by atoms with van der Waals surface area (Å²) >= 11 is 3.53. The van der Waals surface area contributed by atoms with Crippen molar-refractivity contribution >= 4 is 33.2 Å². The van der Waals surface area contributed by atoms with E-state index in [9.17, 15) is 4.79 Å². The minimum Gasteiger partial charge on any atom is -0.460 e. The number of hydrazine groups is 1. The molecular formula is C22H16BrN3O3. The summed E-state index contributed by atoms with van der Waals surface area (Å²) in [4.78, 5) is 13.3. The SMILES string of the molecule is Cc1ccc(C2=CC3c4ccccc4OC4(C(=O)Nc5ccc(Br)cc54)N3N2)o1. The fraction of sp³-hybridized carbons (Fsp3) is 0.136. The quantitative estimate of drug-likeness (QED) is 0.574. The van der Waals surface area contributed by atoms with Gasteiger partial charge in [-0.05, 0) is 49.4 Å². The van der Waals surface area contributed by atoms with Crippen LogP contribution in [0.4, 0.5) is 5.69 Å². The van der Waals surface area contributed by atoms with Gasteiger partial charge in [-0.25, -0.2) is 0 Å². The van der Waals surface area contributed by atoms with Crippen LogP contribution in [-0.4, -0.2) is 10.9 Å². The molecule has 3 aliphatic heterocycles. The standard InChI is InChI=1S/C22H16BrN3O3/c1-12-6-9-20(28-12)17-11-18-14-4-2-3-5-19(14)29-22(26(18)25-17)15-10-13(23)7-8-16(15)24-21(22)27/h2-11,18,25H,1H3,(H,24,27). The fourth-order valence-corrected chi connectivity index (χ4v) is 4.65. The van der Waals surface area contributed by atoms with E-state index in [2.05, 4.69) is 32.7 Å². The Morgan fingerprint density at radius 2 is 2.00 bits per heavy atom. The molecule has 6 rings (SSSR count). The predicted molar refractivity (Wildman–Crippen MR) is 111 cm³/mol. The molecule has 3 aromatic rings. The molecule has 0 fully saturated rings. The lowest BCUT2D eigenvalue weighted by Crippen LogP contribution is -2.60. The average molecular weight is 450 g/mol. The van der Waals surface area contributed by atoms with Gasteiger partial charge in [0, 0.05) is 15.6 Å². The smallest absolute Gasteiger partial charge is 0.291 e. The van der Waals surface area contributed by atoms with E-state index in [4.69, 9.17) is 9.15 Å². The molecule has 0 saturated heterocycles. The molecule has 1 aromatic heterocycles. The molecule has 1 spiro atoms. The highest BCUT2D eigenvalue weighted by atomic mass is 79.9. The van der Waals surface area contributed by atoms with E-state index in [-0.39, 0.29) is 11.9 Å². The van der Waals surface area contributed by atoms with Crippen molar-refractivity contribution in [2.24, 2.45) is 0 Å². The van der Waals surface area contributed by atoms with Gasteiger partial charge < -0.3 is 19.9 Å². The maximum Gasteiger partial charge on any atom is 0.291 e. The Bertz CT molecular complexity index is 1220. The number of benzene rings is 2. The molecule has 144 valence electrons. The number of anilines is 1. The van der Waals surface area contributed by atoms with E-state index < -0.39 is 5.72 Å². The summed E-state index contributed by atoms with van der Waals surface area (Å²) in [6.07, 6.45) is 2.07. The average Bonchev–Trinajstić information content (AvgIpc) is 3.40. The van der Waals surface area contributed by atoms with Crippen molar-refractivity contribution in [3.8, 4) is 5.75 Å². The number of para-hydroxylation sites is 1. The summed E-state index contributed by atoms with van der Waals surface area (Å²) in [6, 6.07) is 17.2. The minimum atomic E-state index is -1.34. The number of halogens is 1. The van der Waals surface area contributed by atoms with Crippen LogP contribution in [0.15, 0.2) is 69.6 Å². The highest BCUT2D eigenvalue weighted by Gasteiger charge is 2.60. The van der Waals surface area contributed by atoms with E-state index in [1.807, 2.05) is 66.5 Å². The van der Waals surface area contributed by atoms with Gasteiger partial charge in [-0.2, -0.15) is 5.01 Å². The van der Waals surface area contributed by atoms with Crippen LogP contribution in [0.5, 0.6) is 5.75 Å². The zero-order valence-electron chi connectivity index (χ0n) is 15.4. The summed E-state index contributed by atoms with van der Waals surface area (Å²) in [7, 11) is 0. The molecule has 0 radical (unpaired) electrons. The number of rotatable bonds is 1. The van der Waals surface area contributed by atoms with Gasteiger partial charge in [0.05, 0.1) is 17.4 Å². The molecule has 1 amide bonds. The van der Waals surface area contributed by atoms with Gasteiger partial charge in [0.1, 0.15) is 11.5 Å². The number of furan rings is 1. The van der Waals surface area contributed by atoms with Crippen LogP contribution < -0.4 is 15.5 Å². The number of hydrogen-bond acceptors (Lipinski definition) is 5. The van der Waals surface area contributed by atoms with E-state index in [1.165, 1.54) is 0 Å². The van der Waals surface area contributed by atoms with Crippen molar-refractivity contribution in [2.45, 2.75) is 18.7 Å². The highest BCUT2D eigenvalue weighted by Crippen LogP contribution is 2.53. The molecule has 29 heavy (non-hydrogen) atoms. The zero-order chi connectivity index (χ0) is 19.8. The summed E-state index contributed by atoms with van der Waals surface area (Å²) in [6.45, 7) is 1.91. The third-order valence-corrected chi connectivity index (χ3v) is 6.08. The van der Waals surface area contributed by atoms with E-state index in [0.29, 0.717) is 5.75 Å². The van der Waals surface area contributed by atoms with Crippen LogP contribution in [-0.2, 0) is 10.5 Å². The molecule has 2 unspecified atom stereocenters. The minimum absolute atomic E-state index is 0.198. The Kier molecular flexibility index (Phi) is 3.34. The second kappa shape index (κ2) is 5.75. The molecule has 0 bridgehead atoms. The van der Waals surface area contributed by atoms with Crippen LogP contribution in [0.25, 0.3) is 5.70 Å². The van der Waals surface area contributed by atoms with Crippen molar-refractivity contribution in [3.63, 3.8) is 0 Å². The second-order valence-corrected chi connectivity index (χ2v) is 8.26. The molecule has 0 aliphatic carbocycles. The number of fused-ring (bicyclic) bond motifs is 6. The summed E-state index contributed by atoms with van der Waals surface area (Å²) < 4.78 is 13.1. The zero-order valence-corrected chi connectivity index (χ0v) is 17.0. The molecule has 4 heterocycles. The molecule has 3 aliphatic rings. The summed E-state index contributed by atoms with van der Waals surface area (Å²) in [5, 5.41) is 4.85. The molecule has 7 heteroatoms. The lowest BCUT2D eigenvalue weighted by Gasteiger charge is -2.44. The lowest BCUT2D eigenvalue weighted by atomic mass is 9.95. The second-order valence-electron chi connectivity index (χ2n) is 7.35. The third kappa shape index (κ3) is 2.22. The van der Waals surface area contributed by atoms with Crippen LogP contribution in [0.3, 0.4) is 0 Å². The number of carbonyl (C=O) groups is 1. The number of amides is 1. The molecule has 2 aromatic carbocycles. The van der Waals surface area contributed by atoms with Gasteiger partial charge in [-0.3, -0.25) is 4.79 Å². The first-order valence-electron chi connectivity index (χ1n) is 9.30. The van der Waals surface area contributed by atoms with E-state index in [0.717, 1.165) is 38.5 Å². The third-order valence-electron chi connectivity index (χ3n) is 5.59. The van der Waals surface area contributed by atoms with Crippen LogP contribution in [0, 0.1) is 6.92 Å². The van der Waals surface area contributed by atoms with Crippen molar-refractivity contribution in [2.75, 3.05) is 5.32 Å².